The summed E-state index contributed by atoms with van der Waals surface area (Å²) in [5.74, 6) is -1.73. The van der Waals surface area contributed by atoms with Gasteiger partial charge in [-0.15, -0.1) is 0 Å². The van der Waals surface area contributed by atoms with Crippen molar-refractivity contribution in [1.29, 1.82) is 0 Å². The van der Waals surface area contributed by atoms with E-state index in [1.165, 1.54) is 34.6 Å². The summed E-state index contributed by atoms with van der Waals surface area (Å²) in [7, 11) is -7.75. The van der Waals surface area contributed by atoms with Crippen molar-refractivity contribution in [3.8, 4) is 0 Å². The van der Waals surface area contributed by atoms with E-state index in [9.17, 15) is 26.4 Å². The van der Waals surface area contributed by atoms with Gasteiger partial charge in [0.15, 0.2) is 6.61 Å². The molecule has 0 bridgehead atoms. The number of piperidine rings is 1. The molecule has 0 radical (unpaired) electrons. The monoisotopic (exact) mass is 515 g/mol. The third-order valence-electron chi connectivity index (χ3n) is 4.89. The molecule has 1 saturated heterocycles. The van der Waals surface area contributed by atoms with E-state index in [1.54, 1.807) is 0 Å². The highest BCUT2D eigenvalue weighted by Crippen LogP contribution is 2.25. The minimum atomic E-state index is -3.96. The van der Waals surface area contributed by atoms with E-state index < -0.39 is 38.5 Å². The Balaban J connectivity index is 1.68. The molecule has 13 heteroatoms. The molecule has 178 valence electrons. The summed E-state index contributed by atoms with van der Waals surface area (Å²) in [6.45, 7) is 0.0903. The summed E-state index contributed by atoms with van der Waals surface area (Å²) >= 11 is 6.05. The number of esters is 1. The first-order valence-corrected chi connectivity index (χ1v) is 13.2. The molecule has 0 aliphatic carbocycles. The highest BCUT2D eigenvalue weighted by atomic mass is 35.5. The van der Waals surface area contributed by atoms with E-state index in [-0.39, 0.29) is 26.1 Å². The van der Waals surface area contributed by atoms with Crippen LogP contribution < -0.4 is 10.5 Å². The summed E-state index contributed by atoms with van der Waals surface area (Å²) in [5.41, 5.74) is -0.0611. The maximum atomic E-state index is 12.9. The van der Waals surface area contributed by atoms with Crippen LogP contribution in [0.3, 0.4) is 0 Å². The second-order valence-electron chi connectivity index (χ2n) is 7.30. The average Bonchev–Trinajstić information content (AvgIpc) is 2.78. The SMILES string of the molecule is NS(=O)(=O)c1cccc(NC(=O)COC(=O)c2cc(S(=O)(=O)N3CCCCC3)ccc2Cl)c1. The van der Waals surface area contributed by atoms with Gasteiger partial charge in [0.25, 0.3) is 5.91 Å². The van der Waals surface area contributed by atoms with Gasteiger partial charge in [0.05, 0.1) is 20.4 Å². The molecular weight excluding hydrogens is 494 g/mol. The molecule has 0 spiro atoms. The van der Waals surface area contributed by atoms with Crippen LogP contribution in [0.15, 0.2) is 52.3 Å². The van der Waals surface area contributed by atoms with Gasteiger partial charge < -0.3 is 10.1 Å². The Morgan fingerprint density at radius 2 is 1.70 bits per heavy atom. The van der Waals surface area contributed by atoms with E-state index in [1.807, 2.05) is 0 Å². The zero-order valence-corrected chi connectivity index (χ0v) is 19.7. The van der Waals surface area contributed by atoms with Crippen LogP contribution in [0.4, 0.5) is 5.69 Å². The van der Waals surface area contributed by atoms with Gasteiger partial charge in [0.2, 0.25) is 20.0 Å². The maximum absolute atomic E-state index is 12.9. The molecule has 1 aliphatic heterocycles. The molecular formula is C20H22ClN3O7S2. The van der Waals surface area contributed by atoms with Gasteiger partial charge in [0.1, 0.15) is 0 Å². The van der Waals surface area contributed by atoms with Crippen LogP contribution in [-0.2, 0) is 29.6 Å². The smallest absolute Gasteiger partial charge is 0.340 e. The van der Waals surface area contributed by atoms with Crippen molar-refractivity contribution in [1.82, 2.24) is 4.31 Å². The van der Waals surface area contributed by atoms with E-state index >= 15 is 0 Å². The highest BCUT2D eigenvalue weighted by molar-refractivity contribution is 7.89. The molecule has 1 fully saturated rings. The number of carbonyl (C=O) groups excluding carboxylic acids is 2. The number of nitrogens with zero attached hydrogens (tertiary/aromatic N) is 1. The predicted molar refractivity (Wildman–Crippen MR) is 121 cm³/mol. The van der Waals surface area contributed by atoms with Crippen LogP contribution in [0, 0.1) is 0 Å². The number of carbonyl (C=O) groups is 2. The molecule has 33 heavy (non-hydrogen) atoms. The largest absolute Gasteiger partial charge is 0.452 e. The van der Waals surface area contributed by atoms with E-state index in [0.717, 1.165) is 31.4 Å². The van der Waals surface area contributed by atoms with Gasteiger partial charge in [-0.25, -0.2) is 26.8 Å². The van der Waals surface area contributed by atoms with Crippen molar-refractivity contribution >= 4 is 49.2 Å². The Kier molecular flexibility index (Phi) is 7.75. The Labute approximate surface area is 196 Å². The lowest BCUT2D eigenvalue weighted by atomic mass is 10.2. The number of ether oxygens (including phenoxy) is 1. The second-order valence-corrected chi connectivity index (χ2v) is 11.2. The molecule has 1 amide bonds. The van der Waals surface area contributed by atoms with Gasteiger partial charge in [-0.1, -0.05) is 24.1 Å². The molecule has 0 atom stereocenters. The van der Waals surface area contributed by atoms with Crippen LogP contribution in [0.25, 0.3) is 0 Å². The first-order valence-electron chi connectivity index (χ1n) is 9.88. The maximum Gasteiger partial charge on any atom is 0.340 e. The van der Waals surface area contributed by atoms with Crippen LogP contribution in [0.2, 0.25) is 5.02 Å². The number of halogens is 1. The molecule has 2 aromatic rings. The number of nitrogens with two attached hydrogens (primary N) is 1. The van der Waals surface area contributed by atoms with E-state index in [4.69, 9.17) is 21.5 Å². The lowest BCUT2D eigenvalue weighted by Crippen LogP contribution is -2.35. The normalized spacial score (nSPS) is 15.1. The van der Waals surface area contributed by atoms with Gasteiger partial charge in [0, 0.05) is 18.8 Å². The van der Waals surface area contributed by atoms with Crippen LogP contribution >= 0.6 is 11.6 Å². The van der Waals surface area contributed by atoms with Gasteiger partial charge in [-0.2, -0.15) is 4.31 Å². The first kappa shape index (κ1) is 25.1. The summed E-state index contributed by atoms with van der Waals surface area (Å²) in [6.07, 6.45) is 2.48. The quantitative estimate of drug-likeness (QED) is 0.534. The summed E-state index contributed by atoms with van der Waals surface area (Å²) in [6, 6.07) is 8.96. The molecule has 3 rings (SSSR count). The first-order chi connectivity index (χ1) is 15.5. The fourth-order valence-electron chi connectivity index (χ4n) is 3.23. The molecule has 1 heterocycles. The molecule has 0 saturated carbocycles. The molecule has 1 aliphatic rings. The zero-order valence-electron chi connectivity index (χ0n) is 17.4. The topological polar surface area (TPSA) is 153 Å². The Morgan fingerprint density at radius 1 is 1.00 bits per heavy atom. The number of primary sulfonamides is 1. The number of rotatable bonds is 7. The number of sulfonamides is 2. The number of nitrogens with one attached hydrogen (secondary N) is 1. The second kappa shape index (κ2) is 10.2. The Hall–Kier alpha value is -2.51. The summed E-state index contributed by atoms with van der Waals surface area (Å²) < 4.78 is 54.9. The lowest BCUT2D eigenvalue weighted by Gasteiger charge is -2.26. The van der Waals surface area contributed by atoms with Gasteiger partial charge >= 0.3 is 5.97 Å². The van der Waals surface area contributed by atoms with Crippen molar-refractivity contribution in [2.45, 2.75) is 29.1 Å². The number of anilines is 1. The van der Waals surface area contributed by atoms with Crippen molar-refractivity contribution in [3.05, 3.63) is 53.1 Å². The summed E-state index contributed by atoms with van der Waals surface area (Å²) in [5, 5.41) is 7.41. The minimum Gasteiger partial charge on any atom is -0.452 e. The lowest BCUT2D eigenvalue weighted by molar-refractivity contribution is -0.119. The zero-order chi connectivity index (χ0) is 24.2. The van der Waals surface area contributed by atoms with Crippen molar-refractivity contribution in [3.63, 3.8) is 0 Å². The Bertz CT molecular complexity index is 1270. The van der Waals surface area contributed by atoms with Crippen molar-refractivity contribution in [2.24, 2.45) is 5.14 Å². The predicted octanol–water partition coefficient (Wildman–Crippen LogP) is 1.96. The number of hydrogen-bond acceptors (Lipinski definition) is 7. The molecule has 3 N–H and O–H groups in total. The number of benzene rings is 2. The van der Waals surface area contributed by atoms with E-state index in [2.05, 4.69) is 5.32 Å². The third-order valence-corrected chi connectivity index (χ3v) is 8.03. The van der Waals surface area contributed by atoms with Crippen LogP contribution in [0.5, 0.6) is 0 Å². The molecule has 2 aromatic carbocycles. The fourth-order valence-corrected chi connectivity index (χ4v) is 5.53. The summed E-state index contributed by atoms with van der Waals surface area (Å²) in [4.78, 5) is 24.3. The van der Waals surface area contributed by atoms with Crippen LogP contribution in [-0.4, -0.2) is 52.7 Å². The van der Waals surface area contributed by atoms with Gasteiger partial charge in [-0.05, 0) is 49.2 Å². The van der Waals surface area contributed by atoms with Crippen molar-refractivity contribution < 1.29 is 31.2 Å². The minimum absolute atomic E-state index is 0.0288. The highest BCUT2D eigenvalue weighted by Gasteiger charge is 2.27. The number of amides is 1. The van der Waals surface area contributed by atoms with E-state index in [0.29, 0.717) is 13.1 Å². The fraction of sp³-hybridized carbons (Fsp3) is 0.300. The molecule has 0 aromatic heterocycles. The standard InChI is InChI=1S/C20H22ClN3O7S2/c21-18-8-7-16(33(29,30)24-9-2-1-3-10-24)12-17(18)20(26)31-13-19(25)23-14-5-4-6-15(11-14)32(22,27)28/h4-8,11-12H,1-3,9-10,13H2,(H,23,25)(H2,22,27,28). The van der Waals surface area contributed by atoms with Crippen molar-refractivity contribution in [2.75, 3.05) is 25.0 Å². The Morgan fingerprint density at radius 3 is 2.36 bits per heavy atom. The molecule has 0 unspecified atom stereocenters. The number of hydrogen-bond donors (Lipinski definition) is 2. The van der Waals surface area contributed by atoms with Gasteiger partial charge in [-0.3, -0.25) is 4.79 Å². The average molecular weight is 516 g/mol. The third kappa shape index (κ3) is 6.30. The van der Waals surface area contributed by atoms with Crippen LogP contribution in [0.1, 0.15) is 29.6 Å². The molecule has 10 nitrogen and oxygen atoms in total.